The maximum Gasteiger partial charge on any atom is 0.228 e. The summed E-state index contributed by atoms with van der Waals surface area (Å²) >= 11 is 0. The topological polar surface area (TPSA) is 75.7 Å². The molecule has 1 aromatic carbocycles. The lowest BCUT2D eigenvalue weighted by molar-refractivity contribution is -0.137. The summed E-state index contributed by atoms with van der Waals surface area (Å²) in [4.78, 5) is 37.5. The quantitative estimate of drug-likeness (QED) is 0.850. The molecule has 23 heavy (non-hydrogen) atoms. The number of ketones is 1. The first-order valence-corrected chi connectivity index (χ1v) is 7.84. The molecule has 2 aliphatic rings. The van der Waals surface area contributed by atoms with Crippen LogP contribution in [-0.4, -0.2) is 48.8 Å². The second-order valence-electron chi connectivity index (χ2n) is 6.01. The molecule has 0 bridgehead atoms. The van der Waals surface area contributed by atoms with Gasteiger partial charge in [0, 0.05) is 24.3 Å². The number of amides is 2. The number of anilines is 1. The zero-order valence-corrected chi connectivity index (χ0v) is 13.1. The van der Waals surface area contributed by atoms with Crippen LogP contribution < -0.4 is 5.32 Å². The van der Waals surface area contributed by atoms with E-state index in [0.29, 0.717) is 44.0 Å². The number of morpholine rings is 1. The van der Waals surface area contributed by atoms with Crippen molar-refractivity contribution in [2.45, 2.75) is 13.3 Å². The highest BCUT2D eigenvalue weighted by Crippen LogP contribution is 2.41. The predicted octanol–water partition coefficient (Wildman–Crippen LogP) is 1.32. The third kappa shape index (κ3) is 3.59. The summed E-state index contributed by atoms with van der Waals surface area (Å²) in [5.74, 6) is -0.545. The molecular weight excluding hydrogens is 296 g/mol. The summed E-state index contributed by atoms with van der Waals surface area (Å²) in [5, 5.41) is 2.81. The first-order chi connectivity index (χ1) is 11.1. The van der Waals surface area contributed by atoms with Crippen LogP contribution in [0.2, 0.25) is 0 Å². The molecule has 6 heteroatoms. The second kappa shape index (κ2) is 6.50. The van der Waals surface area contributed by atoms with Crippen LogP contribution in [0.1, 0.15) is 23.7 Å². The molecule has 122 valence electrons. The summed E-state index contributed by atoms with van der Waals surface area (Å²) in [5.41, 5.74) is 1.25. The number of nitrogens with zero attached hydrogens (tertiary/aromatic N) is 1. The van der Waals surface area contributed by atoms with Crippen molar-refractivity contribution in [1.29, 1.82) is 0 Å². The van der Waals surface area contributed by atoms with Gasteiger partial charge < -0.3 is 15.0 Å². The Bertz CT molecular complexity index is 620. The van der Waals surface area contributed by atoms with Crippen molar-refractivity contribution < 1.29 is 19.1 Å². The van der Waals surface area contributed by atoms with Crippen molar-refractivity contribution in [3.63, 3.8) is 0 Å². The SMILES string of the molecule is CC(=O)c1ccc(NC(=O)C2CC2C(=O)N2CCOCC2)cc1. The molecule has 1 saturated heterocycles. The fourth-order valence-corrected chi connectivity index (χ4v) is 2.80. The molecule has 6 nitrogen and oxygen atoms in total. The first-order valence-electron chi connectivity index (χ1n) is 7.84. The first kappa shape index (κ1) is 15.7. The molecule has 2 unspecified atom stereocenters. The molecular formula is C17H20N2O4. The van der Waals surface area contributed by atoms with E-state index >= 15 is 0 Å². The molecule has 1 N–H and O–H groups in total. The number of benzene rings is 1. The summed E-state index contributed by atoms with van der Waals surface area (Å²) in [6.07, 6.45) is 0.605. The Hall–Kier alpha value is -2.21. The van der Waals surface area contributed by atoms with Crippen LogP contribution in [0.15, 0.2) is 24.3 Å². The number of Topliss-reactive ketones (excluding diaryl/α,β-unsaturated/α-hetero) is 1. The fraction of sp³-hybridized carbons (Fsp3) is 0.471. The van der Waals surface area contributed by atoms with Gasteiger partial charge in [-0.2, -0.15) is 0 Å². The third-order valence-electron chi connectivity index (χ3n) is 4.33. The fourth-order valence-electron chi connectivity index (χ4n) is 2.80. The van der Waals surface area contributed by atoms with Crippen LogP contribution in [0.25, 0.3) is 0 Å². The number of carbonyl (C=O) groups excluding carboxylic acids is 3. The van der Waals surface area contributed by atoms with Gasteiger partial charge in [-0.15, -0.1) is 0 Å². The van der Waals surface area contributed by atoms with Gasteiger partial charge in [0.05, 0.1) is 25.0 Å². The Morgan fingerprint density at radius 2 is 1.74 bits per heavy atom. The number of hydrogen-bond donors (Lipinski definition) is 1. The lowest BCUT2D eigenvalue weighted by atomic mass is 10.1. The van der Waals surface area contributed by atoms with Gasteiger partial charge in [0.25, 0.3) is 0 Å². The molecule has 2 atom stereocenters. The zero-order valence-electron chi connectivity index (χ0n) is 13.1. The van der Waals surface area contributed by atoms with Crippen LogP contribution >= 0.6 is 0 Å². The van der Waals surface area contributed by atoms with Gasteiger partial charge in [-0.1, -0.05) is 0 Å². The zero-order chi connectivity index (χ0) is 16.4. The van der Waals surface area contributed by atoms with Gasteiger partial charge in [0.2, 0.25) is 11.8 Å². The van der Waals surface area contributed by atoms with Gasteiger partial charge in [0.1, 0.15) is 0 Å². The van der Waals surface area contributed by atoms with E-state index in [4.69, 9.17) is 4.74 Å². The second-order valence-corrected chi connectivity index (χ2v) is 6.01. The largest absolute Gasteiger partial charge is 0.378 e. The van der Waals surface area contributed by atoms with Gasteiger partial charge in [-0.25, -0.2) is 0 Å². The van der Waals surface area contributed by atoms with Gasteiger partial charge in [-0.05, 0) is 37.6 Å². The number of nitrogens with one attached hydrogen (secondary N) is 1. The Morgan fingerprint density at radius 1 is 1.09 bits per heavy atom. The maximum atomic E-state index is 12.3. The van der Waals surface area contributed by atoms with Gasteiger partial charge in [0.15, 0.2) is 5.78 Å². The molecule has 1 heterocycles. The molecule has 0 radical (unpaired) electrons. The summed E-state index contributed by atoms with van der Waals surface area (Å²) in [6.45, 7) is 3.85. The highest BCUT2D eigenvalue weighted by molar-refractivity contribution is 6.00. The van der Waals surface area contributed by atoms with Crippen LogP contribution in [0.5, 0.6) is 0 Å². The Kier molecular flexibility index (Phi) is 4.43. The number of ether oxygens (including phenoxy) is 1. The van der Waals surface area contributed by atoms with E-state index in [0.717, 1.165) is 0 Å². The van der Waals surface area contributed by atoms with E-state index < -0.39 is 0 Å². The minimum Gasteiger partial charge on any atom is -0.378 e. The number of rotatable bonds is 4. The summed E-state index contributed by atoms with van der Waals surface area (Å²) < 4.78 is 5.23. The Morgan fingerprint density at radius 3 is 2.35 bits per heavy atom. The molecule has 0 aromatic heterocycles. The van der Waals surface area contributed by atoms with Gasteiger partial charge >= 0.3 is 0 Å². The summed E-state index contributed by atoms with van der Waals surface area (Å²) in [6, 6.07) is 6.77. The minimum atomic E-state index is -0.252. The average Bonchev–Trinajstić information content (AvgIpc) is 3.36. The van der Waals surface area contributed by atoms with E-state index in [-0.39, 0.29) is 29.4 Å². The molecule has 1 aromatic rings. The van der Waals surface area contributed by atoms with Crippen molar-refractivity contribution in [3.05, 3.63) is 29.8 Å². The van der Waals surface area contributed by atoms with Crippen LogP contribution in [0, 0.1) is 11.8 Å². The predicted molar refractivity (Wildman–Crippen MR) is 84.1 cm³/mol. The van der Waals surface area contributed by atoms with Crippen molar-refractivity contribution in [1.82, 2.24) is 4.90 Å². The van der Waals surface area contributed by atoms with Crippen LogP contribution in [0.4, 0.5) is 5.69 Å². The van der Waals surface area contributed by atoms with E-state index in [2.05, 4.69) is 5.32 Å². The maximum absolute atomic E-state index is 12.3. The van der Waals surface area contributed by atoms with Crippen LogP contribution in [-0.2, 0) is 14.3 Å². The monoisotopic (exact) mass is 316 g/mol. The summed E-state index contributed by atoms with van der Waals surface area (Å²) in [7, 11) is 0. The van der Waals surface area contributed by atoms with E-state index in [9.17, 15) is 14.4 Å². The van der Waals surface area contributed by atoms with Crippen molar-refractivity contribution in [2.24, 2.45) is 11.8 Å². The molecule has 3 rings (SSSR count). The minimum absolute atomic E-state index is 0.0127. The molecule has 1 aliphatic heterocycles. The van der Waals surface area contributed by atoms with Crippen molar-refractivity contribution >= 4 is 23.3 Å². The third-order valence-corrected chi connectivity index (χ3v) is 4.33. The van der Waals surface area contributed by atoms with Gasteiger partial charge in [-0.3, -0.25) is 14.4 Å². The highest BCUT2D eigenvalue weighted by Gasteiger charge is 2.49. The molecule has 1 saturated carbocycles. The Labute approximate surface area is 134 Å². The molecule has 1 aliphatic carbocycles. The lowest BCUT2D eigenvalue weighted by Gasteiger charge is -2.27. The van der Waals surface area contributed by atoms with Crippen molar-refractivity contribution in [2.75, 3.05) is 31.6 Å². The number of carbonyl (C=O) groups is 3. The van der Waals surface area contributed by atoms with Crippen molar-refractivity contribution in [3.8, 4) is 0 Å². The normalized spacial score (nSPS) is 23.3. The highest BCUT2D eigenvalue weighted by atomic mass is 16.5. The lowest BCUT2D eigenvalue weighted by Crippen LogP contribution is -2.42. The molecule has 2 fully saturated rings. The van der Waals surface area contributed by atoms with E-state index in [1.807, 2.05) is 0 Å². The smallest absolute Gasteiger partial charge is 0.228 e. The van der Waals surface area contributed by atoms with E-state index in [1.165, 1.54) is 6.92 Å². The van der Waals surface area contributed by atoms with Crippen LogP contribution in [0.3, 0.4) is 0 Å². The average molecular weight is 316 g/mol. The Balaban J connectivity index is 1.53. The molecule has 2 amide bonds. The van der Waals surface area contributed by atoms with E-state index in [1.54, 1.807) is 29.2 Å². The molecule has 0 spiro atoms. The number of hydrogen-bond acceptors (Lipinski definition) is 4. The standard InChI is InChI=1S/C17H20N2O4/c1-11(20)12-2-4-13(5-3-12)18-16(21)14-10-15(14)17(22)19-6-8-23-9-7-19/h2-5,14-15H,6-10H2,1H3,(H,18,21).